The second kappa shape index (κ2) is 4.23. The van der Waals surface area contributed by atoms with E-state index >= 15 is 0 Å². The van der Waals surface area contributed by atoms with Gasteiger partial charge < -0.3 is 14.7 Å². The number of hydrogen-bond acceptors (Lipinski definition) is 6. The van der Waals surface area contributed by atoms with Crippen molar-refractivity contribution in [2.45, 2.75) is 6.54 Å². The molecular formula is C8H7ClN4O3. The Bertz CT molecular complexity index is 468. The molecule has 0 amide bonds. The first kappa shape index (κ1) is 10.5. The number of halogens is 1. The van der Waals surface area contributed by atoms with Crippen molar-refractivity contribution in [3.8, 4) is 0 Å². The Kier molecular flexibility index (Phi) is 2.78. The number of rotatable bonds is 3. The molecule has 1 N–H and O–H groups in total. The average Bonchev–Trinajstić information content (AvgIpc) is 2.77. The summed E-state index contributed by atoms with van der Waals surface area (Å²) in [5.41, 5.74) is 0. The molecule has 84 valence electrons. The Morgan fingerprint density at radius 1 is 1.75 bits per heavy atom. The van der Waals surface area contributed by atoms with Crippen LogP contribution < -0.4 is 5.32 Å². The number of nitro groups is 1. The minimum Gasteiger partial charge on any atom is -0.358 e. The lowest BCUT2D eigenvalue weighted by atomic mass is 10.4. The predicted molar refractivity (Wildman–Crippen MR) is 54.4 cm³/mol. The molecule has 1 aromatic heterocycles. The van der Waals surface area contributed by atoms with Gasteiger partial charge in [-0.15, -0.1) is 0 Å². The highest BCUT2D eigenvalue weighted by molar-refractivity contribution is 6.29. The number of nitrogens with zero attached hydrogens (tertiary/aromatic N) is 3. The lowest BCUT2D eigenvalue weighted by Crippen LogP contribution is -2.19. The fourth-order valence-electron chi connectivity index (χ4n) is 1.26. The van der Waals surface area contributed by atoms with Crippen molar-refractivity contribution in [3.63, 3.8) is 0 Å². The zero-order valence-corrected chi connectivity index (χ0v) is 8.72. The van der Waals surface area contributed by atoms with Gasteiger partial charge in [0, 0.05) is 18.5 Å². The molecule has 2 heterocycles. The Morgan fingerprint density at radius 2 is 2.56 bits per heavy atom. The third kappa shape index (κ3) is 2.31. The highest BCUT2D eigenvalue weighted by Gasteiger charge is 2.17. The first-order valence-electron chi connectivity index (χ1n) is 4.31. The molecule has 0 unspecified atom stereocenters. The fraction of sp³-hybridized carbons (Fsp3) is 0.125. The van der Waals surface area contributed by atoms with Gasteiger partial charge in [0.2, 0.25) is 0 Å². The van der Waals surface area contributed by atoms with Crippen LogP contribution in [0.25, 0.3) is 0 Å². The van der Waals surface area contributed by atoms with Crippen molar-refractivity contribution < 1.29 is 9.45 Å². The lowest BCUT2D eigenvalue weighted by molar-refractivity contribution is -0.404. The Hall–Kier alpha value is -2.02. The second-order valence-electron chi connectivity index (χ2n) is 3.00. The maximum absolute atomic E-state index is 10.3. The predicted octanol–water partition coefficient (Wildman–Crippen LogP) is 1.28. The van der Waals surface area contributed by atoms with Gasteiger partial charge in [0.05, 0.1) is 11.5 Å². The van der Waals surface area contributed by atoms with Gasteiger partial charge >= 0.3 is 0 Å². The van der Waals surface area contributed by atoms with Crippen LogP contribution in [-0.2, 0) is 6.54 Å². The van der Waals surface area contributed by atoms with Crippen molar-refractivity contribution in [1.29, 1.82) is 0 Å². The molecule has 8 heteroatoms. The topological polar surface area (TPSA) is 84.4 Å². The molecule has 0 saturated carbocycles. The number of hydrogen-bond donors (Lipinski definition) is 1. The second-order valence-corrected chi connectivity index (χ2v) is 3.39. The van der Waals surface area contributed by atoms with Crippen LogP contribution in [0.3, 0.4) is 0 Å². The van der Waals surface area contributed by atoms with Crippen LogP contribution in [0.15, 0.2) is 35.0 Å². The van der Waals surface area contributed by atoms with Gasteiger partial charge in [-0.1, -0.05) is 16.8 Å². The molecule has 7 nitrogen and oxygen atoms in total. The van der Waals surface area contributed by atoms with E-state index in [0.717, 1.165) is 6.20 Å². The summed E-state index contributed by atoms with van der Waals surface area (Å²) in [7, 11) is 0. The fourth-order valence-corrected chi connectivity index (χ4v) is 1.41. The molecule has 1 aromatic rings. The van der Waals surface area contributed by atoms with Crippen LogP contribution in [0.4, 0.5) is 0 Å². The molecule has 0 spiro atoms. The van der Waals surface area contributed by atoms with Gasteiger partial charge in [-0.05, 0) is 0 Å². The molecule has 16 heavy (non-hydrogen) atoms. The standard InChI is InChI=1S/C8H7ClN4O3/c9-7-3-6(16-11-7)4-12-2-1-10-8(12)5-13(14)15/h1-3,5,10H,4H2. The van der Waals surface area contributed by atoms with E-state index in [-0.39, 0.29) is 5.15 Å². The van der Waals surface area contributed by atoms with Crippen LogP contribution in [0, 0.1) is 10.1 Å². The molecule has 0 atom stereocenters. The highest BCUT2D eigenvalue weighted by atomic mass is 35.5. The van der Waals surface area contributed by atoms with Crippen molar-refractivity contribution in [2.75, 3.05) is 0 Å². The summed E-state index contributed by atoms with van der Waals surface area (Å²) in [5.74, 6) is 0.880. The zero-order chi connectivity index (χ0) is 11.5. The first-order valence-corrected chi connectivity index (χ1v) is 4.69. The Morgan fingerprint density at radius 3 is 3.19 bits per heavy atom. The van der Waals surface area contributed by atoms with E-state index in [2.05, 4.69) is 10.5 Å². The normalized spacial score (nSPS) is 16.8. The molecule has 1 aliphatic rings. The van der Waals surface area contributed by atoms with E-state index in [1.165, 1.54) is 0 Å². The van der Waals surface area contributed by atoms with Gasteiger partial charge in [0.1, 0.15) is 0 Å². The largest absolute Gasteiger partial charge is 0.358 e. The lowest BCUT2D eigenvalue weighted by Gasteiger charge is -2.13. The summed E-state index contributed by atoms with van der Waals surface area (Å²) in [6.07, 6.45) is 4.12. The molecule has 0 bridgehead atoms. The quantitative estimate of drug-likeness (QED) is 0.635. The molecule has 1 aliphatic heterocycles. The zero-order valence-electron chi connectivity index (χ0n) is 7.96. The van der Waals surface area contributed by atoms with E-state index in [1.807, 2.05) is 0 Å². The van der Waals surface area contributed by atoms with E-state index in [0.29, 0.717) is 18.1 Å². The molecular weight excluding hydrogens is 236 g/mol. The van der Waals surface area contributed by atoms with Crippen LogP contribution in [0.5, 0.6) is 0 Å². The van der Waals surface area contributed by atoms with Gasteiger partial charge in [-0.2, -0.15) is 0 Å². The van der Waals surface area contributed by atoms with E-state index in [1.54, 1.807) is 23.4 Å². The van der Waals surface area contributed by atoms with Crippen LogP contribution in [0.2, 0.25) is 5.15 Å². The van der Waals surface area contributed by atoms with Crippen LogP contribution in [-0.4, -0.2) is 15.0 Å². The highest BCUT2D eigenvalue weighted by Crippen LogP contribution is 2.16. The number of nitrogens with one attached hydrogen (secondary N) is 1. The van der Waals surface area contributed by atoms with Crippen LogP contribution in [0.1, 0.15) is 5.76 Å². The minimum absolute atomic E-state index is 0.256. The SMILES string of the molecule is O=[N+]([O-])C=C1NC=CN1Cc1cc(Cl)no1. The van der Waals surface area contributed by atoms with Gasteiger partial charge in [-0.3, -0.25) is 10.1 Å². The molecule has 0 aromatic carbocycles. The summed E-state index contributed by atoms with van der Waals surface area (Å²) < 4.78 is 4.90. The van der Waals surface area contributed by atoms with Gasteiger partial charge in [-0.25, -0.2) is 0 Å². The summed E-state index contributed by atoms with van der Waals surface area (Å²) >= 11 is 5.59. The molecule has 2 rings (SSSR count). The average molecular weight is 243 g/mol. The molecule has 0 radical (unpaired) electrons. The van der Waals surface area contributed by atoms with Crippen LogP contribution >= 0.6 is 11.6 Å². The van der Waals surface area contributed by atoms with Crippen molar-refractivity contribution >= 4 is 11.6 Å². The van der Waals surface area contributed by atoms with Crippen molar-refractivity contribution in [3.05, 3.63) is 51.5 Å². The first-order chi connectivity index (χ1) is 7.65. The molecule has 0 saturated heterocycles. The molecule has 0 fully saturated rings. The molecule has 0 aliphatic carbocycles. The number of aromatic nitrogens is 1. The third-order valence-electron chi connectivity index (χ3n) is 1.88. The van der Waals surface area contributed by atoms with Crippen molar-refractivity contribution in [1.82, 2.24) is 15.4 Å². The summed E-state index contributed by atoms with van der Waals surface area (Å²) in [6.45, 7) is 0.322. The third-order valence-corrected chi connectivity index (χ3v) is 2.06. The maximum atomic E-state index is 10.3. The van der Waals surface area contributed by atoms with Gasteiger partial charge in [0.25, 0.3) is 6.20 Å². The summed E-state index contributed by atoms with van der Waals surface area (Å²) in [5, 5.41) is 16.8. The van der Waals surface area contributed by atoms with E-state index in [4.69, 9.17) is 16.1 Å². The van der Waals surface area contributed by atoms with Gasteiger partial charge in [0.15, 0.2) is 16.7 Å². The minimum atomic E-state index is -0.532. The van der Waals surface area contributed by atoms with E-state index in [9.17, 15) is 10.1 Å². The Labute approximate surface area is 95.1 Å². The summed E-state index contributed by atoms with van der Waals surface area (Å²) in [6, 6.07) is 1.55. The van der Waals surface area contributed by atoms with E-state index < -0.39 is 4.92 Å². The smallest absolute Gasteiger partial charge is 0.275 e. The summed E-state index contributed by atoms with van der Waals surface area (Å²) in [4.78, 5) is 11.4. The maximum Gasteiger partial charge on any atom is 0.275 e. The van der Waals surface area contributed by atoms with Crippen molar-refractivity contribution in [2.24, 2.45) is 0 Å². The Balaban J connectivity index is 2.09. The monoisotopic (exact) mass is 242 g/mol.